The second-order valence-corrected chi connectivity index (χ2v) is 5.46. The van der Waals surface area contributed by atoms with Crippen LogP contribution >= 0.6 is 0 Å². The van der Waals surface area contributed by atoms with E-state index in [1.165, 1.54) is 6.33 Å². The van der Waals surface area contributed by atoms with E-state index in [4.69, 9.17) is 4.74 Å². The molecule has 1 aliphatic heterocycles. The highest BCUT2D eigenvalue weighted by Crippen LogP contribution is 2.35. The van der Waals surface area contributed by atoms with E-state index in [-0.39, 0.29) is 12.1 Å². The lowest BCUT2D eigenvalue weighted by Crippen LogP contribution is -2.27. The fourth-order valence-electron chi connectivity index (χ4n) is 3.06. The minimum absolute atomic E-state index is 0.120. The molecular weight excluding hydrogens is 282 g/mol. The molecule has 4 heterocycles. The van der Waals surface area contributed by atoms with Gasteiger partial charge in [0.2, 0.25) is 0 Å². The predicted octanol–water partition coefficient (Wildman–Crippen LogP) is 1.12. The normalized spacial score (nSPS) is 21.8. The van der Waals surface area contributed by atoms with E-state index in [2.05, 4.69) is 29.9 Å². The first-order chi connectivity index (χ1) is 10.8. The molecular formula is C14H17N7O. The third-order valence-corrected chi connectivity index (χ3v) is 4.09. The van der Waals surface area contributed by atoms with Crippen LogP contribution < -0.4 is 4.90 Å². The Morgan fingerprint density at radius 2 is 2.27 bits per heavy atom. The van der Waals surface area contributed by atoms with Crippen LogP contribution in [-0.4, -0.2) is 49.3 Å². The van der Waals surface area contributed by atoms with Gasteiger partial charge in [-0.15, -0.1) is 0 Å². The van der Waals surface area contributed by atoms with Gasteiger partial charge in [-0.3, -0.25) is 0 Å². The number of ether oxygens (including phenoxy) is 1. The molecule has 3 aromatic rings. The van der Waals surface area contributed by atoms with E-state index in [0.29, 0.717) is 5.78 Å². The van der Waals surface area contributed by atoms with Crippen molar-refractivity contribution in [2.45, 2.75) is 25.5 Å². The maximum absolute atomic E-state index is 5.57. The molecule has 8 nitrogen and oxygen atoms in total. The number of aromatic nitrogens is 6. The molecule has 1 aliphatic rings. The Morgan fingerprint density at radius 3 is 3.05 bits per heavy atom. The monoisotopic (exact) mass is 299 g/mol. The van der Waals surface area contributed by atoms with E-state index >= 15 is 0 Å². The summed E-state index contributed by atoms with van der Waals surface area (Å²) in [5.41, 5.74) is 0.912. The summed E-state index contributed by atoms with van der Waals surface area (Å²) in [7, 11) is 1.75. The molecule has 1 saturated heterocycles. The Morgan fingerprint density at radius 1 is 1.36 bits per heavy atom. The van der Waals surface area contributed by atoms with Crippen molar-refractivity contribution >= 4 is 11.6 Å². The largest absolute Gasteiger partial charge is 0.380 e. The smallest absolute Gasteiger partial charge is 0.254 e. The molecule has 0 aromatic carbocycles. The zero-order valence-electron chi connectivity index (χ0n) is 12.5. The van der Waals surface area contributed by atoms with Crippen LogP contribution in [0.15, 0.2) is 24.8 Å². The highest BCUT2D eigenvalue weighted by molar-refractivity contribution is 5.49. The van der Waals surface area contributed by atoms with Gasteiger partial charge in [-0.2, -0.15) is 14.6 Å². The molecule has 0 radical (unpaired) electrons. The summed E-state index contributed by atoms with van der Waals surface area (Å²) in [4.78, 5) is 18.5. The van der Waals surface area contributed by atoms with Crippen LogP contribution in [-0.2, 0) is 4.74 Å². The number of hydrogen-bond donors (Lipinski definition) is 1. The fourth-order valence-corrected chi connectivity index (χ4v) is 3.06. The quantitative estimate of drug-likeness (QED) is 0.780. The Hall–Kier alpha value is -2.48. The number of H-pyrrole nitrogens is 1. The third-order valence-electron chi connectivity index (χ3n) is 4.09. The minimum Gasteiger partial charge on any atom is -0.380 e. The maximum atomic E-state index is 5.57. The van der Waals surface area contributed by atoms with Crippen molar-refractivity contribution in [3.8, 4) is 0 Å². The van der Waals surface area contributed by atoms with Crippen molar-refractivity contribution in [1.82, 2.24) is 29.5 Å². The maximum Gasteiger partial charge on any atom is 0.254 e. The summed E-state index contributed by atoms with van der Waals surface area (Å²) in [6.07, 6.45) is 6.17. The number of imidazole rings is 1. The van der Waals surface area contributed by atoms with Crippen molar-refractivity contribution in [3.05, 3.63) is 36.3 Å². The lowest BCUT2D eigenvalue weighted by Gasteiger charge is -2.25. The van der Waals surface area contributed by atoms with Crippen LogP contribution in [0.4, 0.5) is 5.82 Å². The summed E-state index contributed by atoms with van der Waals surface area (Å²) in [6.45, 7) is 2.74. The number of hydrogen-bond acceptors (Lipinski definition) is 6. The molecule has 1 N–H and O–H groups in total. The van der Waals surface area contributed by atoms with Gasteiger partial charge in [0.1, 0.15) is 18.0 Å². The van der Waals surface area contributed by atoms with Crippen LogP contribution in [0, 0.1) is 6.92 Å². The van der Waals surface area contributed by atoms with Crippen molar-refractivity contribution in [3.63, 3.8) is 0 Å². The molecule has 3 aromatic heterocycles. The molecule has 22 heavy (non-hydrogen) atoms. The Balaban J connectivity index is 1.82. The average molecular weight is 299 g/mol. The average Bonchev–Trinajstić information content (AvgIpc) is 3.25. The number of nitrogens with one attached hydrogen (secondary N) is 1. The highest BCUT2D eigenvalue weighted by atomic mass is 16.5. The first-order valence-electron chi connectivity index (χ1n) is 7.22. The number of nitrogens with zero attached hydrogens (tertiary/aromatic N) is 6. The van der Waals surface area contributed by atoms with Gasteiger partial charge in [0.05, 0.1) is 12.1 Å². The first kappa shape index (κ1) is 13.2. The Bertz CT molecular complexity index is 782. The van der Waals surface area contributed by atoms with Crippen LogP contribution in [0.3, 0.4) is 0 Å². The number of methoxy groups -OCH3 is 1. The predicted molar refractivity (Wildman–Crippen MR) is 79.6 cm³/mol. The number of aryl methyl sites for hydroxylation is 1. The van der Waals surface area contributed by atoms with Crippen molar-refractivity contribution < 1.29 is 4.74 Å². The van der Waals surface area contributed by atoms with Crippen molar-refractivity contribution in [2.75, 3.05) is 18.6 Å². The topological polar surface area (TPSA) is 84.2 Å². The third kappa shape index (κ3) is 2.03. The van der Waals surface area contributed by atoms with Gasteiger partial charge in [-0.05, 0) is 6.92 Å². The van der Waals surface area contributed by atoms with Gasteiger partial charge in [-0.25, -0.2) is 9.97 Å². The number of fused-ring (bicyclic) bond motifs is 1. The molecule has 8 heteroatoms. The minimum atomic E-state index is 0.120. The molecule has 0 amide bonds. The Kier molecular flexibility index (Phi) is 3.04. The standard InChI is InChI=1S/C14H17N7O/c1-9-5-12(21-14(19-9)17-8-18-21)20-7-10(22-2)6-11(20)13-15-3-4-16-13/h3-5,8,10-11H,6-7H2,1-2H3,(H,15,16)/t10-,11?/m1/s1. The second-order valence-electron chi connectivity index (χ2n) is 5.46. The number of aromatic amines is 1. The van der Waals surface area contributed by atoms with Gasteiger partial charge < -0.3 is 14.6 Å². The van der Waals surface area contributed by atoms with Gasteiger partial charge >= 0.3 is 0 Å². The second kappa shape index (κ2) is 5.06. The van der Waals surface area contributed by atoms with Crippen LogP contribution in [0.25, 0.3) is 5.78 Å². The molecule has 4 rings (SSSR count). The van der Waals surface area contributed by atoms with Crippen LogP contribution in [0.5, 0.6) is 0 Å². The lowest BCUT2D eigenvalue weighted by molar-refractivity contribution is 0.118. The van der Waals surface area contributed by atoms with E-state index in [0.717, 1.165) is 30.3 Å². The van der Waals surface area contributed by atoms with Crippen LogP contribution in [0.2, 0.25) is 0 Å². The SMILES string of the molecule is CO[C@@H]1CC(c2ncc[nH]2)N(c2cc(C)nc3ncnn23)C1. The number of anilines is 1. The van der Waals surface area contributed by atoms with Gasteiger partial charge in [0.25, 0.3) is 5.78 Å². The molecule has 1 unspecified atom stereocenters. The number of rotatable bonds is 3. The first-order valence-corrected chi connectivity index (χ1v) is 7.22. The summed E-state index contributed by atoms with van der Waals surface area (Å²) in [5, 5.41) is 4.30. The van der Waals surface area contributed by atoms with Crippen molar-refractivity contribution in [1.29, 1.82) is 0 Å². The van der Waals surface area contributed by atoms with Crippen LogP contribution in [0.1, 0.15) is 24.0 Å². The summed E-state index contributed by atoms with van der Waals surface area (Å²) < 4.78 is 7.34. The van der Waals surface area contributed by atoms with Gasteiger partial charge in [0.15, 0.2) is 0 Å². The highest BCUT2D eigenvalue weighted by Gasteiger charge is 2.36. The van der Waals surface area contributed by atoms with Gasteiger partial charge in [0, 0.05) is 44.2 Å². The molecule has 0 saturated carbocycles. The molecule has 0 spiro atoms. The van der Waals surface area contributed by atoms with Gasteiger partial charge in [-0.1, -0.05) is 0 Å². The molecule has 1 fully saturated rings. The molecule has 0 bridgehead atoms. The summed E-state index contributed by atoms with van der Waals surface area (Å²) in [6, 6.07) is 2.14. The molecule has 114 valence electrons. The Labute approximate surface area is 127 Å². The fraction of sp³-hybridized carbons (Fsp3) is 0.429. The molecule has 2 atom stereocenters. The van der Waals surface area contributed by atoms with E-state index < -0.39 is 0 Å². The molecule has 0 aliphatic carbocycles. The van der Waals surface area contributed by atoms with Crippen molar-refractivity contribution in [2.24, 2.45) is 0 Å². The zero-order chi connectivity index (χ0) is 15.1. The zero-order valence-corrected chi connectivity index (χ0v) is 12.5. The van der Waals surface area contributed by atoms with E-state index in [1.807, 2.05) is 19.2 Å². The van der Waals surface area contributed by atoms with E-state index in [9.17, 15) is 0 Å². The lowest BCUT2D eigenvalue weighted by atomic mass is 10.2. The summed E-state index contributed by atoms with van der Waals surface area (Å²) >= 11 is 0. The van der Waals surface area contributed by atoms with E-state index in [1.54, 1.807) is 17.8 Å². The summed E-state index contributed by atoms with van der Waals surface area (Å²) in [5.74, 6) is 2.50.